The Morgan fingerprint density at radius 2 is 1.91 bits per heavy atom. The number of sulfonamides is 1. The molecule has 2 amide bonds. The van der Waals surface area contributed by atoms with E-state index in [0.29, 0.717) is 31.7 Å². The average molecular weight is 492 g/mol. The van der Waals surface area contributed by atoms with Crippen LogP contribution in [0.5, 0.6) is 5.75 Å². The highest BCUT2D eigenvalue weighted by Crippen LogP contribution is 2.31. The van der Waals surface area contributed by atoms with E-state index < -0.39 is 16.1 Å². The second-order valence-corrected chi connectivity index (χ2v) is 11.3. The van der Waals surface area contributed by atoms with Crippen LogP contribution in [-0.4, -0.2) is 62.2 Å². The number of rotatable bonds is 7. The normalized spacial score (nSPS) is 19.4. The molecule has 1 N–H and O–H groups in total. The number of likely N-dealkylation sites (tertiary alicyclic amines) is 1. The number of carbonyl (C=O) groups is 2. The van der Waals surface area contributed by atoms with E-state index in [9.17, 15) is 18.0 Å². The van der Waals surface area contributed by atoms with Gasteiger partial charge in [0, 0.05) is 30.2 Å². The number of carbonyl (C=O) groups excluding carboxylic acids is 2. The molecule has 1 unspecified atom stereocenters. The Kier molecular flexibility index (Phi) is 7.35. The van der Waals surface area contributed by atoms with Crippen molar-refractivity contribution in [1.29, 1.82) is 0 Å². The Hall–Kier alpha value is -2.43. The molecule has 1 atom stereocenters. The average Bonchev–Trinajstić information content (AvgIpc) is 3.52. The van der Waals surface area contributed by atoms with Gasteiger partial charge in [0.05, 0.1) is 13.5 Å². The number of amides is 2. The van der Waals surface area contributed by atoms with Gasteiger partial charge in [0.15, 0.2) is 0 Å². The summed E-state index contributed by atoms with van der Waals surface area (Å²) in [6, 6.07) is 7.88. The van der Waals surface area contributed by atoms with Gasteiger partial charge in [-0.3, -0.25) is 9.59 Å². The van der Waals surface area contributed by atoms with E-state index in [0.717, 1.165) is 30.6 Å². The molecule has 2 saturated heterocycles. The summed E-state index contributed by atoms with van der Waals surface area (Å²) in [5, 5.41) is 4.75. The van der Waals surface area contributed by atoms with Crippen molar-refractivity contribution in [2.24, 2.45) is 0 Å². The van der Waals surface area contributed by atoms with E-state index in [1.54, 1.807) is 17.0 Å². The fraction of sp³-hybridized carbons (Fsp3) is 0.478. The van der Waals surface area contributed by atoms with Gasteiger partial charge >= 0.3 is 0 Å². The van der Waals surface area contributed by atoms with Crippen LogP contribution in [0.25, 0.3) is 0 Å². The fourth-order valence-corrected chi connectivity index (χ4v) is 6.82. The molecule has 178 valence electrons. The minimum Gasteiger partial charge on any atom is -0.495 e. The first kappa shape index (κ1) is 23.7. The van der Waals surface area contributed by atoms with Gasteiger partial charge in [-0.05, 0) is 55.3 Å². The summed E-state index contributed by atoms with van der Waals surface area (Å²) in [6.07, 6.45) is 4.29. The second kappa shape index (κ2) is 10.2. The van der Waals surface area contributed by atoms with Gasteiger partial charge in [-0.25, -0.2) is 8.42 Å². The van der Waals surface area contributed by atoms with Gasteiger partial charge in [0.25, 0.3) is 0 Å². The van der Waals surface area contributed by atoms with Gasteiger partial charge in [-0.1, -0.05) is 12.5 Å². The van der Waals surface area contributed by atoms with Gasteiger partial charge in [-0.15, -0.1) is 11.3 Å². The summed E-state index contributed by atoms with van der Waals surface area (Å²) < 4.78 is 33.3. The molecule has 0 spiro atoms. The van der Waals surface area contributed by atoms with Crippen molar-refractivity contribution in [3.8, 4) is 5.75 Å². The lowest BCUT2D eigenvalue weighted by atomic mass is 10.2. The Morgan fingerprint density at radius 3 is 2.61 bits per heavy atom. The van der Waals surface area contributed by atoms with E-state index in [1.165, 1.54) is 28.8 Å². The maximum Gasteiger partial charge on any atom is 0.247 e. The zero-order valence-corrected chi connectivity index (χ0v) is 20.3. The first-order valence-electron chi connectivity index (χ1n) is 11.2. The first-order chi connectivity index (χ1) is 15.9. The molecule has 2 fully saturated rings. The summed E-state index contributed by atoms with van der Waals surface area (Å²) in [5.74, 6) is -0.135. The highest BCUT2D eigenvalue weighted by atomic mass is 32.2. The van der Waals surface area contributed by atoms with Crippen molar-refractivity contribution in [3.05, 3.63) is 40.6 Å². The predicted molar refractivity (Wildman–Crippen MR) is 127 cm³/mol. The topological polar surface area (TPSA) is 96.0 Å². The summed E-state index contributed by atoms with van der Waals surface area (Å²) in [6.45, 7) is 1.50. The van der Waals surface area contributed by atoms with Crippen LogP contribution in [0.15, 0.2) is 40.6 Å². The molecule has 0 radical (unpaired) electrons. The van der Waals surface area contributed by atoms with Gasteiger partial charge < -0.3 is 15.0 Å². The van der Waals surface area contributed by atoms with Crippen molar-refractivity contribution in [2.45, 2.75) is 49.5 Å². The number of piperidine rings is 1. The van der Waals surface area contributed by atoms with Crippen LogP contribution in [0.2, 0.25) is 0 Å². The zero-order valence-electron chi connectivity index (χ0n) is 18.7. The third-order valence-electron chi connectivity index (χ3n) is 6.15. The SMILES string of the molecule is COc1ccc(NC(=O)C2CCCN2C(=O)Cc2cccs2)cc1S(=O)(=O)N1CCCCC1. The zero-order chi connectivity index (χ0) is 23.4. The molecule has 0 aliphatic carbocycles. The van der Waals surface area contributed by atoms with E-state index in [2.05, 4.69) is 5.32 Å². The van der Waals surface area contributed by atoms with Gasteiger partial charge in [-0.2, -0.15) is 4.31 Å². The summed E-state index contributed by atoms with van der Waals surface area (Å²) >= 11 is 1.52. The Bertz CT molecular complexity index is 1100. The standard InChI is InChI=1S/C23H29N3O5S2/c1-31-20-10-9-17(15-21(20)33(29,30)25-11-3-2-4-12-25)24-23(28)19-8-5-13-26(19)22(27)16-18-7-6-14-32-18/h6-7,9-10,14-15,19H,2-5,8,11-13,16H2,1H3,(H,24,28). The molecule has 1 aromatic heterocycles. The monoisotopic (exact) mass is 491 g/mol. The number of nitrogens with one attached hydrogen (secondary N) is 1. The van der Waals surface area contributed by atoms with Crippen molar-refractivity contribution in [3.63, 3.8) is 0 Å². The minimum absolute atomic E-state index is 0.0433. The van der Waals surface area contributed by atoms with E-state index in [-0.39, 0.29) is 28.9 Å². The maximum absolute atomic E-state index is 13.2. The largest absolute Gasteiger partial charge is 0.495 e. The summed E-state index contributed by atoms with van der Waals surface area (Å²) in [7, 11) is -2.31. The molecular formula is C23H29N3O5S2. The lowest BCUT2D eigenvalue weighted by molar-refractivity contribution is -0.136. The molecule has 0 saturated carbocycles. The van der Waals surface area contributed by atoms with Crippen molar-refractivity contribution in [2.75, 3.05) is 32.1 Å². The second-order valence-electron chi connectivity index (χ2n) is 8.32. The van der Waals surface area contributed by atoms with E-state index in [4.69, 9.17) is 4.74 Å². The van der Waals surface area contributed by atoms with Crippen molar-refractivity contribution >= 4 is 38.9 Å². The van der Waals surface area contributed by atoms with Crippen LogP contribution < -0.4 is 10.1 Å². The van der Waals surface area contributed by atoms with Crippen molar-refractivity contribution < 1.29 is 22.7 Å². The van der Waals surface area contributed by atoms with Gasteiger partial charge in [0.1, 0.15) is 16.7 Å². The van der Waals surface area contributed by atoms with E-state index in [1.807, 2.05) is 17.5 Å². The lowest BCUT2D eigenvalue weighted by Crippen LogP contribution is -2.43. The number of benzene rings is 1. The van der Waals surface area contributed by atoms with Crippen molar-refractivity contribution in [1.82, 2.24) is 9.21 Å². The minimum atomic E-state index is -3.74. The summed E-state index contributed by atoms with van der Waals surface area (Å²) in [4.78, 5) is 28.5. The summed E-state index contributed by atoms with van der Waals surface area (Å²) in [5.41, 5.74) is 0.369. The predicted octanol–water partition coefficient (Wildman–Crippen LogP) is 3.10. The lowest BCUT2D eigenvalue weighted by Gasteiger charge is -2.27. The molecule has 2 aromatic rings. The third kappa shape index (κ3) is 5.23. The van der Waals surface area contributed by atoms with Crippen LogP contribution >= 0.6 is 11.3 Å². The van der Waals surface area contributed by atoms with Crippen LogP contribution in [0, 0.1) is 0 Å². The smallest absolute Gasteiger partial charge is 0.247 e. The Morgan fingerprint density at radius 1 is 1.12 bits per heavy atom. The highest BCUT2D eigenvalue weighted by molar-refractivity contribution is 7.89. The number of hydrogen-bond donors (Lipinski definition) is 1. The molecule has 8 nitrogen and oxygen atoms in total. The highest BCUT2D eigenvalue weighted by Gasteiger charge is 2.35. The van der Waals surface area contributed by atoms with E-state index >= 15 is 0 Å². The third-order valence-corrected chi connectivity index (χ3v) is 8.94. The number of ether oxygens (including phenoxy) is 1. The number of anilines is 1. The van der Waals surface area contributed by atoms with Gasteiger partial charge in [0.2, 0.25) is 21.8 Å². The number of hydrogen-bond acceptors (Lipinski definition) is 6. The Labute approximate surface area is 198 Å². The number of thiophene rings is 1. The molecule has 0 bridgehead atoms. The van der Waals surface area contributed by atoms with Crippen LogP contribution in [0.4, 0.5) is 5.69 Å². The molecule has 33 heavy (non-hydrogen) atoms. The molecule has 3 heterocycles. The quantitative estimate of drug-likeness (QED) is 0.642. The first-order valence-corrected chi connectivity index (χ1v) is 13.5. The molecule has 10 heteroatoms. The fourth-order valence-electron chi connectivity index (χ4n) is 4.43. The molecule has 4 rings (SSSR count). The molecule has 2 aliphatic rings. The van der Waals surface area contributed by atoms with Crippen LogP contribution in [0.3, 0.4) is 0 Å². The molecular weight excluding hydrogens is 462 g/mol. The molecule has 1 aromatic carbocycles. The Balaban J connectivity index is 1.50. The van der Waals surface area contributed by atoms with Crippen LogP contribution in [-0.2, 0) is 26.0 Å². The number of nitrogens with zero attached hydrogens (tertiary/aromatic N) is 2. The molecule has 2 aliphatic heterocycles. The number of methoxy groups -OCH3 is 1. The van der Waals surface area contributed by atoms with Crippen LogP contribution in [0.1, 0.15) is 37.0 Å². The maximum atomic E-state index is 13.2.